The van der Waals surface area contributed by atoms with Gasteiger partial charge in [0.1, 0.15) is 3.70 Å². The SMILES string of the molecule is CCc1cccc(CC)c1-n1nc2c(c1I)CN(Cc1ccc(C(F)(F)F)cc1C(F)(F)F)C2(C)C. The van der Waals surface area contributed by atoms with E-state index in [0.717, 1.165) is 50.7 Å². The van der Waals surface area contributed by atoms with Crippen LogP contribution >= 0.6 is 22.6 Å². The third-order valence-electron chi connectivity index (χ3n) is 6.92. The third-order valence-corrected chi connectivity index (χ3v) is 8.03. The summed E-state index contributed by atoms with van der Waals surface area (Å²) in [5, 5.41) is 4.94. The number of benzene rings is 2. The number of fused-ring (bicyclic) bond motifs is 1. The maximum absolute atomic E-state index is 13.7. The second kappa shape index (κ2) is 9.34. The highest BCUT2D eigenvalue weighted by atomic mass is 127. The summed E-state index contributed by atoms with van der Waals surface area (Å²) in [6.07, 6.45) is -8.10. The molecule has 36 heavy (non-hydrogen) atoms. The highest BCUT2D eigenvalue weighted by Crippen LogP contribution is 2.44. The van der Waals surface area contributed by atoms with E-state index >= 15 is 0 Å². The number of halogens is 7. The molecule has 194 valence electrons. The van der Waals surface area contributed by atoms with E-state index < -0.39 is 29.0 Å². The molecule has 1 aliphatic heterocycles. The van der Waals surface area contributed by atoms with Gasteiger partial charge >= 0.3 is 12.4 Å². The number of aromatic nitrogens is 2. The molecule has 0 radical (unpaired) electrons. The Morgan fingerprint density at radius 1 is 0.917 bits per heavy atom. The van der Waals surface area contributed by atoms with Gasteiger partial charge in [-0.05, 0) is 78.1 Å². The van der Waals surface area contributed by atoms with Gasteiger partial charge in [-0.15, -0.1) is 0 Å². The minimum Gasteiger partial charge on any atom is -0.284 e. The number of rotatable bonds is 5. The molecule has 0 fully saturated rings. The van der Waals surface area contributed by atoms with Gasteiger partial charge in [0.2, 0.25) is 0 Å². The maximum atomic E-state index is 13.7. The van der Waals surface area contributed by atoms with E-state index in [1.807, 2.05) is 29.5 Å². The van der Waals surface area contributed by atoms with Gasteiger partial charge < -0.3 is 0 Å². The van der Waals surface area contributed by atoms with Crippen molar-refractivity contribution in [3.8, 4) is 5.69 Å². The van der Waals surface area contributed by atoms with E-state index in [9.17, 15) is 26.3 Å². The number of alkyl halides is 6. The first-order valence-corrected chi connectivity index (χ1v) is 12.7. The Balaban J connectivity index is 1.73. The van der Waals surface area contributed by atoms with E-state index in [4.69, 9.17) is 5.10 Å². The van der Waals surface area contributed by atoms with E-state index in [0.29, 0.717) is 12.6 Å². The van der Waals surface area contributed by atoms with Crippen molar-refractivity contribution in [3.05, 3.63) is 79.2 Å². The minimum atomic E-state index is -4.90. The van der Waals surface area contributed by atoms with Crippen LogP contribution in [0.5, 0.6) is 0 Å². The van der Waals surface area contributed by atoms with Crippen molar-refractivity contribution in [3.63, 3.8) is 0 Å². The van der Waals surface area contributed by atoms with Crippen LogP contribution < -0.4 is 0 Å². The summed E-state index contributed by atoms with van der Waals surface area (Å²) in [7, 11) is 0. The molecule has 1 aliphatic rings. The van der Waals surface area contributed by atoms with E-state index in [1.54, 1.807) is 0 Å². The average Bonchev–Trinajstić information content (AvgIpc) is 3.25. The molecule has 3 aromatic rings. The number of hydrogen-bond acceptors (Lipinski definition) is 2. The zero-order valence-corrected chi connectivity index (χ0v) is 22.4. The lowest BCUT2D eigenvalue weighted by atomic mass is 9.98. The van der Waals surface area contributed by atoms with Crippen LogP contribution in [0.4, 0.5) is 26.3 Å². The standard InChI is InChI=1S/C26H26F6IN3/c1-5-15-8-7-9-16(6-2)21(15)36-23(33)19-14-35(24(3,4)22(19)34-36)13-17-10-11-18(25(27,28)29)12-20(17)26(30,31)32/h7-12H,5-6,13-14H2,1-4H3. The average molecular weight is 621 g/mol. The molecule has 2 heterocycles. The van der Waals surface area contributed by atoms with Gasteiger partial charge in [-0.3, -0.25) is 4.90 Å². The number of nitrogens with zero attached hydrogens (tertiary/aromatic N) is 3. The monoisotopic (exact) mass is 621 g/mol. The van der Waals surface area contributed by atoms with Gasteiger partial charge in [-0.25, -0.2) is 4.68 Å². The van der Waals surface area contributed by atoms with Crippen LogP contribution in [-0.4, -0.2) is 14.7 Å². The molecule has 0 spiro atoms. The summed E-state index contributed by atoms with van der Waals surface area (Å²) in [5.41, 5.74) is 1.54. The quantitative estimate of drug-likeness (QED) is 0.214. The highest BCUT2D eigenvalue weighted by Gasteiger charge is 2.44. The maximum Gasteiger partial charge on any atom is 0.416 e. The lowest BCUT2D eigenvalue weighted by molar-refractivity contribution is -0.143. The predicted molar refractivity (Wildman–Crippen MR) is 134 cm³/mol. The molecule has 0 atom stereocenters. The largest absolute Gasteiger partial charge is 0.416 e. The van der Waals surface area contributed by atoms with Crippen LogP contribution in [0.15, 0.2) is 36.4 Å². The highest BCUT2D eigenvalue weighted by molar-refractivity contribution is 14.1. The zero-order valence-electron chi connectivity index (χ0n) is 20.3. The molecular weight excluding hydrogens is 595 g/mol. The van der Waals surface area contributed by atoms with Gasteiger partial charge in [-0.2, -0.15) is 31.4 Å². The van der Waals surface area contributed by atoms with E-state index in [-0.39, 0.29) is 18.2 Å². The number of hydrogen-bond donors (Lipinski definition) is 0. The fourth-order valence-corrected chi connectivity index (χ4v) is 5.62. The van der Waals surface area contributed by atoms with Crippen molar-refractivity contribution >= 4 is 22.6 Å². The van der Waals surface area contributed by atoms with Gasteiger partial charge in [-0.1, -0.05) is 38.1 Å². The Morgan fingerprint density at radius 3 is 2.03 bits per heavy atom. The summed E-state index contributed by atoms with van der Waals surface area (Å²) in [5.74, 6) is 0. The summed E-state index contributed by atoms with van der Waals surface area (Å²) < 4.78 is 83.3. The molecule has 10 heteroatoms. The predicted octanol–water partition coefficient (Wildman–Crippen LogP) is 7.89. The Kier molecular flexibility index (Phi) is 7.00. The summed E-state index contributed by atoms with van der Waals surface area (Å²) in [6, 6.07) is 8.02. The molecule has 4 rings (SSSR count). The van der Waals surface area contributed by atoms with Crippen LogP contribution in [-0.2, 0) is 43.8 Å². The second-order valence-electron chi connectivity index (χ2n) is 9.44. The molecule has 3 nitrogen and oxygen atoms in total. The molecule has 2 aromatic carbocycles. The first-order valence-electron chi connectivity index (χ1n) is 11.6. The lowest BCUT2D eigenvalue weighted by Crippen LogP contribution is -2.36. The van der Waals surface area contributed by atoms with Crippen LogP contribution in [0.3, 0.4) is 0 Å². The molecule has 0 N–H and O–H groups in total. The number of aryl methyl sites for hydroxylation is 2. The van der Waals surface area contributed by atoms with Gasteiger partial charge in [0, 0.05) is 18.7 Å². The fourth-order valence-electron chi connectivity index (χ4n) is 4.85. The normalized spacial score (nSPS) is 16.0. The molecule has 0 bridgehead atoms. The smallest absolute Gasteiger partial charge is 0.284 e. The van der Waals surface area contributed by atoms with Crippen molar-refractivity contribution < 1.29 is 26.3 Å². The van der Waals surface area contributed by atoms with Crippen LogP contribution in [0.1, 0.15) is 66.8 Å². The van der Waals surface area contributed by atoms with Crippen LogP contribution in [0.25, 0.3) is 5.69 Å². The Hall–Kier alpha value is -2.08. The van der Waals surface area contributed by atoms with Gasteiger partial charge in [0.15, 0.2) is 0 Å². The van der Waals surface area contributed by atoms with Crippen LogP contribution in [0, 0.1) is 3.70 Å². The molecule has 0 unspecified atom stereocenters. The van der Waals surface area contributed by atoms with Crippen LogP contribution in [0.2, 0.25) is 0 Å². The Labute approximate surface area is 219 Å². The fraction of sp³-hybridized carbons (Fsp3) is 0.423. The summed E-state index contributed by atoms with van der Waals surface area (Å²) >= 11 is 2.23. The zero-order chi connectivity index (χ0) is 26.6. The minimum absolute atomic E-state index is 0.155. The first kappa shape index (κ1) is 27.0. The molecule has 0 saturated heterocycles. The first-order chi connectivity index (χ1) is 16.7. The molecule has 1 aromatic heterocycles. The molecule has 0 aliphatic carbocycles. The lowest BCUT2D eigenvalue weighted by Gasteiger charge is -2.32. The van der Waals surface area contributed by atoms with Gasteiger partial charge in [0.25, 0.3) is 0 Å². The van der Waals surface area contributed by atoms with Crippen molar-refractivity contribution in [2.75, 3.05) is 0 Å². The summed E-state index contributed by atoms with van der Waals surface area (Å²) in [4.78, 5) is 1.83. The van der Waals surface area contributed by atoms with Crippen molar-refractivity contribution in [1.29, 1.82) is 0 Å². The number of para-hydroxylation sites is 1. The van der Waals surface area contributed by atoms with Crippen molar-refractivity contribution in [2.45, 2.75) is 71.5 Å². The summed E-state index contributed by atoms with van der Waals surface area (Å²) in [6.45, 7) is 8.12. The molecule has 0 amide bonds. The Morgan fingerprint density at radius 2 is 1.53 bits per heavy atom. The topological polar surface area (TPSA) is 21.1 Å². The molecular formula is C26H26F6IN3. The van der Waals surface area contributed by atoms with Crippen molar-refractivity contribution in [1.82, 2.24) is 14.7 Å². The second-order valence-corrected chi connectivity index (χ2v) is 10.5. The van der Waals surface area contributed by atoms with Crippen molar-refractivity contribution in [2.24, 2.45) is 0 Å². The molecule has 0 saturated carbocycles. The Bertz CT molecular complexity index is 1270. The van der Waals surface area contributed by atoms with E-state index in [2.05, 4.69) is 48.6 Å². The van der Waals surface area contributed by atoms with Gasteiger partial charge in [0.05, 0.1) is 28.0 Å². The van der Waals surface area contributed by atoms with E-state index in [1.165, 1.54) is 0 Å². The third kappa shape index (κ3) is 4.66.